The van der Waals surface area contributed by atoms with Gasteiger partial charge in [-0.1, -0.05) is 26.0 Å². The van der Waals surface area contributed by atoms with Gasteiger partial charge in [0.15, 0.2) is 0 Å². The van der Waals surface area contributed by atoms with Gasteiger partial charge in [-0.15, -0.1) is 0 Å². The highest BCUT2D eigenvalue weighted by Gasteiger charge is 2.00. The topological polar surface area (TPSA) is 38.0 Å². The third-order valence-electron chi connectivity index (χ3n) is 2.75. The second kappa shape index (κ2) is 4.91. The van der Waals surface area contributed by atoms with Gasteiger partial charge in [0.25, 0.3) is 0 Å². The van der Waals surface area contributed by atoms with E-state index in [9.17, 15) is 0 Å². The van der Waals surface area contributed by atoms with Crippen LogP contribution in [0, 0.1) is 0 Å². The molecule has 2 heteroatoms. The molecule has 0 atom stereocenters. The Bertz CT molecular complexity index is 487. The van der Waals surface area contributed by atoms with Gasteiger partial charge in [0, 0.05) is 17.1 Å². The fourth-order valence-corrected chi connectivity index (χ4v) is 1.71. The fraction of sp³-hybridized carbons (Fsp3) is 0.200. The first kappa shape index (κ1) is 11.5. The third-order valence-corrected chi connectivity index (χ3v) is 2.75. The summed E-state index contributed by atoms with van der Waals surface area (Å²) < 4.78 is 0. The fourth-order valence-electron chi connectivity index (χ4n) is 1.71. The van der Waals surface area contributed by atoms with Crippen LogP contribution in [-0.2, 0) is 0 Å². The maximum absolute atomic E-state index is 5.66. The van der Waals surface area contributed by atoms with E-state index in [1.165, 1.54) is 5.56 Å². The highest BCUT2D eigenvalue weighted by molar-refractivity contribution is 5.62. The van der Waals surface area contributed by atoms with Gasteiger partial charge in [0.2, 0.25) is 0 Å². The normalized spacial score (nSPS) is 10.5. The summed E-state index contributed by atoms with van der Waals surface area (Å²) >= 11 is 0. The number of nitrogens with two attached hydrogens (primary N) is 1. The molecule has 2 aromatic rings. The molecule has 2 aromatic carbocycles. The Morgan fingerprint density at radius 1 is 0.941 bits per heavy atom. The van der Waals surface area contributed by atoms with Gasteiger partial charge < -0.3 is 11.1 Å². The highest BCUT2D eigenvalue weighted by Crippen LogP contribution is 2.22. The summed E-state index contributed by atoms with van der Waals surface area (Å²) in [6, 6.07) is 16.2. The maximum atomic E-state index is 5.66. The van der Waals surface area contributed by atoms with Gasteiger partial charge in [-0.3, -0.25) is 0 Å². The predicted molar refractivity (Wildman–Crippen MR) is 74.7 cm³/mol. The van der Waals surface area contributed by atoms with E-state index in [1.54, 1.807) is 0 Å². The van der Waals surface area contributed by atoms with Crippen molar-refractivity contribution in [2.75, 3.05) is 11.1 Å². The molecule has 0 spiro atoms. The van der Waals surface area contributed by atoms with E-state index < -0.39 is 0 Å². The van der Waals surface area contributed by atoms with E-state index in [-0.39, 0.29) is 0 Å². The molecule has 2 rings (SSSR count). The molecular weight excluding hydrogens is 208 g/mol. The van der Waals surface area contributed by atoms with Crippen LogP contribution in [0.1, 0.15) is 25.3 Å². The van der Waals surface area contributed by atoms with Crippen molar-refractivity contribution < 1.29 is 0 Å². The largest absolute Gasteiger partial charge is 0.399 e. The predicted octanol–water partition coefficient (Wildman–Crippen LogP) is 4.14. The van der Waals surface area contributed by atoms with Crippen molar-refractivity contribution >= 4 is 17.1 Å². The summed E-state index contributed by atoms with van der Waals surface area (Å²) in [6.07, 6.45) is 0. The van der Waals surface area contributed by atoms with Crippen molar-refractivity contribution in [3.8, 4) is 0 Å². The summed E-state index contributed by atoms with van der Waals surface area (Å²) in [5.74, 6) is 0.545. The Morgan fingerprint density at radius 2 is 1.65 bits per heavy atom. The molecule has 2 nitrogen and oxygen atoms in total. The number of benzene rings is 2. The highest BCUT2D eigenvalue weighted by atomic mass is 14.9. The lowest BCUT2D eigenvalue weighted by Crippen LogP contribution is -1.93. The molecule has 0 fully saturated rings. The summed E-state index contributed by atoms with van der Waals surface area (Å²) in [5.41, 5.74) is 9.95. The monoisotopic (exact) mass is 226 g/mol. The number of hydrogen-bond acceptors (Lipinski definition) is 2. The molecule has 0 radical (unpaired) electrons. The SMILES string of the molecule is CC(C)c1cccc(Nc2ccc(N)cc2)c1. The summed E-state index contributed by atoms with van der Waals surface area (Å²) in [7, 11) is 0. The molecule has 3 N–H and O–H groups in total. The molecule has 17 heavy (non-hydrogen) atoms. The molecular formula is C15H18N2. The Balaban J connectivity index is 2.18. The Kier molecular flexibility index (Phi) is 3.33. The van der Waals surface area contributed by atoms with Crippen molar-refractivity contribution in [3.63, 3.8) is 0 Å². The van der Waals surface area contributed by atoms with Crippen LogP contribution in [-0.4, -0.2) is 0 Å². The number of nitrogens with one attached hydrogen (secondary N) is 1. The summed E-state index contributed by atoms with van der Waals surface area (Å²) in [6.45, 7) is 4.39. The molecule has 0 aliphatic carbocycles. The van der Waals surface area contributed by atoms with Gasteiger partial charge in [-0.05, 0) is 47.9 Å². The van der Waals surface area contributed by atoms with Crippen molar-refractivity contribution in [1.82, 2.24) is 0 Å². The Hall–Kier alpha value is -1.96. The van der Waals surface area contributed by atoms with Gasteiger partial charge in [0.1, 0.15) is 0 Å². The van der Waals surface area contributed by atoms with Crippen molar-refractivity contribution in [2.45, 2.75) is 19.8 Å². The van der Waals surface area contributed by atoms with E-state index in [4.69, 9.17) is 5.73 Å². The average molecular weight is 226 g/mol. The number of hydrogen-bond donors (Lipinski definition) is 2. The van der Waals surface area contributed by atoms with Gasteiger partial charge >= 0.3 is 0 Å². The molecule has 0 aliphatic heterocycles. The van der Waals surface area contributed by atoms with Gasteiger partial charge in [-0.2, -0.15) is 0 Å². The summed E-state index contributed by atoms with van der Waals surface area (Å²) in [5, 5.41) is 3.37. The molecule has 0 bridgehead atoms. The standard InChI is InChI=1S/C15H18N2/c1-11(2)12-4-3-5-15(10-12)17-14-8-6-13(16)7-9-14/h3-11,17H,16H2,1-2H3. The average Bonchev–Trinajstić information content (AvgIpc) is 2.32. The molecule has 0 saturated carbocycles. The maximum Gasteiger partial charge on any atom is 0.0387 e. The van der Waals surface area contributed by atoms with Crippen LogP contribution in [0.2, 0.25) is 0 Å². The Morgan fingerprint density at radius 3 is 2.29 bits per heavy atom. The lowest BCUT2D eigenvalue weighted by molar-refractivity contribution is 0.867. The van der Waals surface area contributed by atoms with Crippen molar-refractivity contribution in [2.24, 2.45) is 0 Å². The second-order valence-electron chi connectivity index (χ2n) is 4.53. The quantitative estimate of drug-likeness (QED) is 0.772. The lowest BCUT2D eigenvalue weighted by atomic mass is 10.0. The van der Waals surface area contributed by atoms with E-state index in [1.807, 2.05) is 24.3 Å². The smallest absolute Gasteiger partial charge is 0.0387 e. The van der Waals surface area contributed by atoms with E-state index >= 15 is 0 Å². The van der Waals surface area contributed by atoms with Crippen LogP contribution < -0.4 is 11.1 Å². The molecule has 88 valence electrons. The lowest BCUT2D eigenvalue weighted by Gasteiger charge is -2.10. The van der Waals surface area contributed by atoms with Gasteiger partial charge in [-0.25, -0.2) is 0 Å². The molecule has 0 saturated heterocycles. The van der Waals surface area contributed by atoms with Gasteiger partial charge in [0.05, 0.1) is 0 Å². The minimum atomic E-state index is 0.545. The Labute approximate surface area is 102 Å². The first-order valence-electron chi connectivity index (χ1n) is 5.87. The zero-order valence-corrected chi connectivity index (χ0v) is 10.3. The minimum Gasteiger partial charge on any atom is -0.399 e. The first-order valence-corrected chi connectivity index (χ1v) is 5.87. The minimum absolute atomic E-state index is 0.545. The van der Waals surface area contributed by atoms with Crippen LogP contribution in [0.4, 0.5) is 17.1 Å². The first-order chi connectivity index (χ1) is 8.15. The van der Waals surface area contributed by atoms with E-state index in [0.29, 0.717) is 5.92 Å². The molecule has 0 heterocycles. The van der Waals surface area contributed by atoms with Crippen LogP contribution >= 0.6 is 0 Å². The molecule has 0 unspecified atom stereocenters. The number of anilines is 3. The van der Waals surface area contributed by atoms with Crippen molar-refractivity contribution in [3.05, 3.63) is 54.1 Å². The zero-order valence-electron chi connectivity index (χ0n) is 10.3. The molecule has 0 aliphatic rings. The molecule has 0 amide bonds. The van der Waals surface area contributed by atoms with Crippen LogP contribution in [0.5, 0.6) is 0 Å². The van der Waals surface area contributed by atoms with Crippen LogP contribution in [0.25, 0.3) is 0 Å². The number of nitrogen functional groups attached to an aromatic ring is 1. The second-order valence-corrected chi connectivity index (χ2v) is 4.53. The van der Waals surface area contributed by atoms with Crippen molar-refractivity contribution in [1.29, 1.82) is 0 Å². The third kappa shape index (κ3) is 3.00. The molecule has 0 aromatic heterocycles. The van der Waals surface area contributed by atoms with Crippen LogP contribution in [0.15, 0.2) is 48.5 Å². The summed E-state index contributed by atoms with van der Waals surface area (Å²) in [4.78, 5) is 0. The van der Waals surface area contributed by atoms with Crippen LogP contribution in [0.3, 0.4) is 0 Å². The number of rotatable bonds is 3. The van der Waals surface area contributed by atoms with E-state index in [2.05, 4.69) is 43.4 Å². The van der Waals surface area contributed by atoms with E-state index in [0.717, 1.165) is 17.1 Å². The zero-order chi connectivity index (χ0) is 12.3.